The number of halogens is 2. The lowest BCUT2D eigenvalue weighted by Crippen LogP contribution is -2.50. The standard InChI is InChI=1S/C19H21ClN2O.ClH/c20-15-18(23)21-11-13-22(14-12-21)19(16-7-3-1-4-8-16)17-9-5-2-6-10-17;/h1-10,19H,11-15H2;1H. The highest BCUT2D eigenvalue weighted by molar-refractivity contribution is 6.27. The third kappa shape index (κ3) is 4.29. The molecule has 0 aliphatic carbocycles. The van der Waals surface area contributed by atoms with Crippen molar-refractivity contribution in [2.24, 2.45) is 0 Å². The maximum absolute atomic E-state index is 11.8. The third-order valence-electron chi connectivity index (χ3n) is 4.38. The van der Waals surface area contributed by atoms with Crippen LogP contribution < -0.4 is 0 Å². The molecule has 1 heterocycles. The zero-order valence-corrected chi connectivity index (χ0v) is 15.0. The lowest BCUT2D eigenvalue weighted by Gasteiger charge is -2.39. The molecule has 1 aliphatic rings. The second-order valence-electron chi connectivity index (χ2n) is 5.77. The van der Waals surface area contributed by atoms with Crippen molar-refractivity contribution in [3.8, 4) is 0 Å². The quantitative estimate of drug-likeness (QED) is 0.774. The summed E-state index contributed by atoms with van der Waals surface area (Å²) in [6.45, 7) is 3.19. The van der Waals surface area contributed by atoms with Crippen molar-refractivity contribution in [2.45, 2.75) is 6.04 Å². The Morgan fingerprint density at radius 1 is 0.875 bits per heavy atom. The van der Waals surface area contributed by atoms with Crippen molar-refractivity contribution in [3.05, 3.63) is 71.8 Å². The average Bonchev–Trinajstić information content (AvgIpc) is 2.64. The van der Waals surface area contributed by atoms with Crippen molar-refractivity contribution >= 4 is 29.9 Å². The third-order valence-corrected chi connectivity index (χ3v) is 4.61. The van der Waals surface area contributed by atoms with Gasteiger partial charge < -0.3 is 4.90 Å². The van der Waals surface area contributed by atoms with Crippen molar-refractivity contribution in [1.82, 2.24) is 9.80 Å². The van der Waals surface area contributed by atoms with Crippen molar-refractivity contribution in [1.29, 1.82) is 0 Å². The molecule has 0 atom stereocenters. The predicted molar refractivity (Wildman–Crippen MR) is 101 cm³/mol. The molecule has 0 bridgehead atoms. The average molecular weight is 365 g/mol. The highest BCUT2D eigenvalue weighted by Gasteiger charge is 2.27. The Morgan fingerprint density at radius 2 is 1.33 bits per heavy atom. The largest absolute Gasteiger partial charge is 0.339 e. The van der Waals surface area contributed by atoms with Gasteiger partial charge >= 0.3 is 0 Å². The molecule has 0 saturated carbocycles. The van der Waals surface area contributed by atoms with Gasteiger partial charge in [-0.05, 0) is 11.1 Å². The molecule has 0 spiro atoms. The summed E-state index contributed by atoms with van der Waals surface area (Å²) in [6.07, 6.45) is 0. The minimum atomic E-state index is 0. The maximum atomic E-state index is 11.8. The van der Waals surface area contributed by atoms with Gasteiger partial charge in [0, 0.05) is 26.2 Å². The van der Waals surface area contributed by atoms with Crippen LogP contribution in [0.4, 0.5) is 0 Å². The molecule has 0 unspecified atom stereocenters. The van der Waals surface area contributed by atoms with Gasteiger partial charge in [-0.25, -0.2) is 0 Å². The fraction of sp³-hybridized carbons (Fsp3) is 0.316. The van der Waals surface area contributed by atoms with Crippen LogP contribution in [0.2, 0.25) is 0 Å². The van der Waals surface area contributed by atoms with E-state index < -0.39 is 0 Å². The Balaban J connectivity index is 0.00000208. The summed E-state index contributed by atoms with van der Waals surface area (Å²) in [7, 11) is 0. The number of hydrogen-bond acceptors (Lipinski definition) is 2. The number of rotatable bonds is 4. The van der Waals surface area contributed by atoms with Crippen LogP contribution in [0.1, 0.15) is 17.2 Å². The summed E-state index contributed by atoms with van der Waals surface area (Å²) in [5, 5.41) is 0. The number of alkyl halides is 1. The van der Waals surface area contributed by atoms with Crippen molar-refractivity contribution in [3.63, 3.8) is 0 Å². The summed E-state index contributed by atoms with van der Waals surface area (Å²) in [6, 6.07) is 21.3. The molecule has 3 rings (SSSR count). The van der Waals surface area contributed by atoms with Gasteiger partial charge in [0.2, 0.25) is 5.91 Å². The SMILES string of the molecule is Cl.O=C(CCl)N1CCN(C(c2ccccc2)c2ccccc2)CC1. The summed E-state index contributed by atoms with van der Waals surface area (Å²) in [5.74, 6) is 0.100. The molecule has 0 N–H and O–H groups in total. The molecule has 0 radical (unpaired) electrons. The number of hydrogen-bond donors (Lipinski definition) is 0. The van der Waals surface area contributed by atoms with Gasteiger partial charge in [-0.15, -0.1) is 24.0 Å². The van der Waals surface area contributed by atoms with E-state index in [1.807, 2.05) is 17.0 Å². The van der Waals surface area contributed by atoms with Crippen LogP contribution in [0.15, 0.2) is 60.7 Å². The Bertz CT molecular complexity index is 589. The summed E-state index contributed by atoms with van der Waals surface area (Å²) < 4.78 is 0. The van der Waals surface area contributed by atoms with Gasteiger partial charge in [-0.2, -0.15) is 0 Å². The molecule has 24 heavy (non-hydrogen) atoms. The Hall–Kier alpha value is -1.55. The number of nitrogens with zero attached hydrogens (tertiary/aromatic N) is 2. The van der Waals surface area contributed by atoms with Crippen molar-refractivity contribution < 1.29 is 4.79 Å². The molecule has 1 fully saturated rings. The first kappa shape index (κ1) is 18.8. The van der Waals surface area contributed by atoms with E-state index in [4.69, 9.17) is 11.6 Å². The molecular weight excluding hydrogens is 343 g/mol. The van der Waals surface area contributed by atoms with E-state index in [-0.39, 0.29) is 30.2 Å². The van der Waals surface area contributed by atoms with E-state index in [1.54, 1.807) is 0 Å². The van der Waals surface area contributed by atoms with Gasteiger partial charge in [-0.3, -0.25) is 9.69 Å². The smallest absolute Gasteiger partial charge is 0.237 e. The maximum Gasteiger partial charge on any atom is 0.237 e. The minimum Gasteiger partial charge on any atom is -0.339 e. The number of amides is 1. The van der Waals surface area contributed by atoms with E-state index in [1.165, 1.54) is 11.1 Å². The van der Waals surface area contributed by atoms with Crippen molar-refractivity contribution in [2.75, 3.05) is 32.1 Å². The van der Waals surface area contributed by atoms with Gasteiger partial charge in [-0.1, -0.05) is 60.7 Å². The van der Waals surface area contributed by atoms with Crippen LogP contribution in [0.25, 0.3) is 0 Å². The van der Waals surface area contributed by atoms with Gasteiger partial charge in [0.15, 0.2) is 0 Å². The molecule has 3 nitrogen and oxygen atoms in total. The second kappa shape index (κ2) is 9.07. The normalized spacial score (nSPS) is 15.2. The zero-order chi connectivity index (χ0) is 16.1. The van der Waals surface area contributed by atoms with E-state index in [9.17, 15) is 4.79 Å². The number of carbonyl (C=O) groups is 1. The Morgan fingerprint density at radius 3 is 1.75 bits per heavy atom. The summed E-state index contributed by atoms with van der Waals surface area (Å²) in [5.41, 5.74) is 2.58. The number of carbonyl (C=O) groups excluding carboxylic acids is 1. The Kier molecular flexibility index (Phi) is 7.10. The molecule has 1 amide bonds. The van der Waals surface area contributed by atoms with Crippen LogP contribution in [-0.2, 0) is 4.79 Å². The van der Waals surface area contributed by atoms with E-state index in [0.29, 0.717) is 0 Å². The van der Waals surface area contributed by atoms with Gasteiger partial charge in [0.05, 0.1) is 6.04 Å². The molecule has 128 valence electrons. The summed E-state index contributed by atoms with van der Waals surface area (Å²) in [4.78, 5) is 16.1. The fourth-order valence-corrected chi connectivity index (χ4v) is 3.37. The second-order valence-corrected chi connectivity index (χ2v) is 6.04. The first-order chi connectivity index (χ1) is 11.3. The van der Waals surface area contributed by atoms with E-state index >= 15 is 0 Å². The van der Waals surface area contributed by atoms with Crippen LogP contribution in [0.5, 0.6) is 0 Å². The number of benzene rings is 2. The highest BCUT2D eigenvalue weighted by atomic mass is 35.5. The van der Waals surface area contributed by atoms with Crippen LogP contribution >= 0.6 is 24.0 Å². The number of piperazine rings is 1. The molecular formula is C19H22Cl2N2O. The predicted octanol–water partition coefficient (Wildman–Crippen LogP) is 3.58. The lowest BCUT2D eigenvalue weighted by atomic mass is 9.96. The summed E-state index contributed by atoms with van der Waals surface area (Å²) >= 11 is 5.67. The van der Waals surface area contributed by atoms with E-state index in [0.717, 1.165) is 26.2 Å². The molecule has 0 aromatic heterocycles. The minimum absolute atomic E-state index is 0. The lowest BCUT2D eigenvalue weighted by molar-refractivity contribution is -0.130. The van der Waals surface area contributed by atoms with E-state index in [2.05, 4.69) is 53.4 Å². The highest BCUT2D eigenvalue weighted by Crippen LogP contribution is 2.29. The van der Waals surface area contributed by atoms with Gasteiger partial charge in [0.25, 0.3) is 0 Å². The molecule has 1 saturated heterocycles. The Labute approximate surface area is 154 Å². The van der Waals surface area contributed by atoms with Crippen LogP contribution in [0, 0.1) is 0 Å². The first-order valence-electron chi connectivity index (χ1n) is 7.97. The van der Waals surface area contributed by atoms with Crippen LogP contribution in [-0.4, -0.2) is 47.8 Å². The first-order valence-corrected chi connectivity index (χ1v) is 8.50. The van der Waals surface area contributed by atoms with Gasteiger partial charge in [0.1, 0.15) is 5.88 Å². The van der Waals surface area contributed by atoms with Crippen LogP contribution in [0.3, 0.4) is 0 Å². The molecule has 1 aliphatic heterocycles. The monoisotopic (exact) mass is 364 g/mol. The topological polar surface area (TPSA) is 23.6 Å². The molecule has 2 aromatic rings. The fourth-order valence-electron chi connectivity index (χ4n) is 3.20. The molecule has 5 heteroatoms. The molecule has 2 aromatic carbocycles. The zero-order valence-electron chi connectivity index (χ0n) is 13.5.